The van der Waals surface area contributed by atoms with Crippen LogP contribution in [0.25, 0.3) is 0 Å². The Bertz CT molecular complexity index is 641. The molecule has 0 amide bonds. The summed E-state index contributed by atoms with van der Waals surface area (Å²) in [7, 11) is 0. The number of unbranched alkanes of at least 4 members (excludes halogenated alkanes) is 1. The van der Waals surface area contributed by atoms with Crippen molar-refractivity contribution >= 4 is 5.78 Å². The average molecular weight is 401 g/mol. The minimum Gasteiger partial charge on any atom is -0.504 e. The van der Waals surface area contributed by atoms with Crippen LogP contribution in [-0.4, -0.2) is 17.0 Å². The number of allylic oxidation sites excluding steroid dienone is 2. The molecular weight excluding hydrogens is 360 g/mol. The van der Waals surface area contributed by atoms with Crippen molar-refractivity contribution in [3.8, 4) is 11.5 Å². The number of rotatable bonds is 13. The molecule has 3 heteroatoms. The predicted octanol–water partition coefficient (Wildman–Crippen LogP) is 7.01. The Morgan fingerprint density at radius 2 is 1.97 bits per heavy atom. The number of hydrogen-bond donors (Lipinski definition) is 1. The molecule has 0 bridgehead atoms. The minimum atomic E-state index is 0.183. The van der Waals surface area contributed by atoms with Gasteiger partial charge in [0.2, 0.25) is 0 Å². The highest BCUT2D eigenvalue weighted by Gasteiger charge is 2.18. The molecule has 2 rings (SSSR count). The third kappa shape index (κ3) is 9.06. The van der Waals surface area contributed by atoms with Gasteiger partial charge in [0.05, 0.1) is 6.10 Å². The Labute approximate surface area is 177 Å². The largest absolute Gasteiger partial charge is 0.504 e. The van der Waals surface area contributed by atoms with Gasteiger partial charge < -0.3 is 9.84 Å². The third-order valence-corrected chi connectivity index (χ3v) is 5.88. The van der Waals surface area contributed by atoms with E-state index in [1.807, 2.05) is 12.1 Å². The quantitative estimate of drug-likeness (QED) is 0.362. The van der Waals surface area contributed by atoms with Crippen LogP contribution in [0.5, 0.6) is 11.5 Å². The van der Waals surface area contributed by atoms with Crippen molar-refractivity contribution in [2.75, 3.05) is 0 Å². The van der Waals surface area contributed by atoms with E-state index < -0.39 is 0 Å². The van der Waals surface area contributed by atoms with Crippen LogP contribution in [0.4, 0.5) is 0 Å². The van der Waals surface area contributed by atoms with Crippen LogP contribution in [0.1, 0.15) is 90.5 Å². The van der Waals surface area contributed by atoms with Crippen LogP contribution in [0, 0.1) is 11.8 Å². The van der Waals surface area contributed by atoms with Crippen LogP contribution < -0.4 is 4.74 Å². The lowest BCUT2D eigenvalue weighted by molar-refractivity contribution is -0.114. The van der Waals surface area contributed by atoms with Gasteiger partial charge in [-0.05, 0) is 80.6 Å². The molecule has 1 fully saturated rings. The second-order valence-corrected chi connectivity index (χ2v) is 9.03. The molecule has 1 N–H and O–H groups in total. The van der Waals surface area contributed by atoms with Crippen LogP contribution >= 0.6 is 0 Å². The molecule has 0 aliphatic heterocycles. The van der Waals surface area contributed by atoms with Gasteiger partial charge in [-0.1, -0.05) is 52.2 Å². The highest BCUT2D eigenvalue weighted by atomic mass is 16.5. The Balaban J connectivity index is 1.85. The Morgan fingerprint density at radius 3 is 2.66 bits per heavy atom. The van der Waals surface area contributed by atoms with E-state index in [1.165, 1.54) is 44.9 Å². The van der Waals surface area contributed by atoms with Crippen LogP contribution in [-0.2, 0) is 11.2 Å². The zero-order valence-corrected chi connectivity index (χ0v) is 18.7. The number of carbonyl (C=O) groups is 1. The fourth-order valence-electron chi connectivity index (χ4n) is 3.94. The first kappa shape index (κ1) is 23.5. The summed E-state index contributed by atoms with van der Waals surface area (Å²) in [4.78, 5) is 12.4. The molecule has 29 heavy (non-hydrogen) atoms. The van der Waals surface area contributed by atoms with E-state index >= 15 is 0 Å². The number of aryl methyl sites for hydroxylation is 1. The maximum atomic E-state index is 12.4. The fourth-order valence-corrected chi connectivity index (χ4v) is 3.94. The van der Waals surface area contributed by atoms with E-state index in [2.05, 4.69) is 26.8 Å². The molecule has 1 saturated carbocycles. The molecule has 1 aliphatic rings. The first-order valence-electron chi connectivity index (χ1n) is 11.7. The molecule has 1 aromatic rings. The number of ether oxygens (including phenoxy) is 1. The van der Waals surface area contributed by atoms with Crippen molar-refractivity contribution in [1.29, 1.82) is 0 Å². The summed E-state index contributed by atoms with van der Waals surface area (Å²) in [6, 6.07) is 5.48. The van der Waals surface area contributed by atoms with E-state index in [0.29, 0.717) is 30.4 Å². The monoisotopic (exact) mass is 400 g/mol. The summed E-state index contributed by atoms with van der Waals surface area (Å²) in [5.74, 6) is 2.16. The van der Waals surface area contributed by atoms with Crippen molar-refractivity contribution in [2.24, 2.45) is 11.8 Å². The number of hydrogen-bond acceptors (Lipinski definition) is 3. The van der Waals surface area contributed by atoms with Gasteiger partial charge in [0.1, 0.15) is 0 Å². The minimum absolute atomic E-state index is 0.183. The van der Waals surface area contributed by atoms with Crippen molar-refractivity contribution in [3.63, 3.8) is 0 Å². The number of aromatic hydroxyl groups is 1. The van der Waals surface area contributed by atoms with Gasteiger partial charge in [0.15, 0.2) is 17.3 Å². The second-order valence-electron chi connectivity index (χ2n) is 9.03. The van der Waals surface area contributed by atoms with Gasteiger partial charge in [0.25, 0.3) is 0 Å². The van der Waals surface area contributed by atoms with Crippen LogP contribution in [0.2, 0.25) is 0 Å². The second kappa shape index (κ2) is 12.7. The maximum absolute atomic E-state index is 12.4. The van der Waals surface area contributed by atoms with Gasteiger partial charge in [-0.15, -0.1) is 0 Å². The SMILES string of the molecule is CCCC[C@H](/C=C/C(=O)CCc1ccc(O)c(OC2CCCC2)c1)CCC(C)C. The third-order valence-electron chi connectivity index (χ3n) is 5.88. The first-order chi connectivity index (χ1) is 14.0. The number of ketones is 1. The van der Waals surface area contributed by atoms with Crippen molar-refractivity contribution in [3.05, 3.63) is 35.9 Å². The first-order valence-corrected chi connectivity index (χ1v) is 11.7. The molecule has 0 radical (unpaired) electrons. The van der Waals surface area contributed by atoms with E-state index in [1.54, 1.807) is 12.1 Å². The number of benzene rings is 1. The van der Waals surface area contributed by atoms with E-state index in [9.17, 15) is 9.90 Å². The van der Waals surface area contributed by atoms with Crippen molar-refractivity contribution < 1.29 is 14.6 Å². The molecule has 3 nitrogen and oxygen atoms in total. The summed E-state index contributed by atoms with van der Waals surface area (Å²) in [5, 5.41) is 10.1. The molecule has 1 aromatic carbocycles. The van der Waals surface area contributed by atoms with Gasteiger partial charge in [-0.25, -0.2) is 0 Å². The summed E-state index contributed by atoms with van der Waals surface area (Å²) in [6.07, 6.45) is 15.8. The van der Waals surface area contributed by atoms with Gasteiger partial charge in [0, 0.05) is 6.42 Å². The standard InChI is InChI=1S/C26H40O3/c1-4-5-8-21(12-11-20(2)3)13-16-23(27)17-14-22-15-18-25(28)26(19-22)29-24-9-6-7-10-24/h13,15-16,18-21,24,28H,4-12,14,17H2,1-3H3/b16-13+/t21-/m0/s1. The molecule has 0 saturated heterocycles. The van der Waals surface area contributed by atoms with Gasteiger partial charge in [-0.2, -0.15) is 0 Å². The molecule has 162 valence electrons. The van der Waals surface area contributed by atoms with Crippen molar-refractivity contribution in [1.82, 2.24) is 0 Å². The molecular formula is C26H40O3. The Hall–Kier alpha value is -1.77. The lowest BCUT2D eigenvalue weighted by Crippen LogP contribution is -2.11. The summed E-state index contributed by atoms with van der Waals surface area (Å²) < 4.78 is 5.97. The highest BCUT2D eigenvalue weighted by molar-refractivity contribution is 5.89. The molecule has 0 heterocycles. The number of phenols is 1. The predicted molar refractivity (Wildman–Crippen MR) is 121 cm³/mol. The number of phenolic OH excluding ortho intramolecular Hbond substituents is 1. The highest BCUT2D eigenvalue weighted by Crippen LogP contribution is 2.32. The van der Waals surface area contributed by atoms with E-state index in [-0.39, 0.29) is 17.6 Å². The summed E-state index contributed by atoms with van der Waals surface area (Å²) in [5.41, 5.74) is 1.04. The van der Waals surface area contributed by atoms with Gasteiger partial charge in [-0.3, -0.25) is 4.79 Å². The number of carbonyl (C=O) groups excluding carboxylic acids is 1. The lowest BCUT2D eigenvalue weighted by Gasteiger charge is -2.15. The maximum Gasteiger partial charge on any atom is 0.161 e. The van der Waals surface area contributed by atoms with Gasteiger partial charge >= 0.3 is 0 Å². The van der Waals surface area contributed by atoms with Crippen LogP contribution in [0.3, 0.4) is 0 Å². The van der Waals surface area contributed by atoms with Crippen LogP contribution in [0.15, 0.2) is 30.4 Å². The smallest absolute Gasteiger partial charge is 0.161 e. The molecule has 0 aromatic heterocycles. The topological polar surface area (TPSA) is 46.5 Å². The van der Waals surface area contributed by atoms with E-state index in [0.717, 1.165) is 18.4 Å². The zero-order chi connectivity index (χ0) is 21.1. The van der Waals surface area contributed by atoms with Crippen molar-refractivity contribution in [2.45, 2.75) is 97.5 Å². The summed E-state index contributed by atoms with van der Waals surface area (Å²) in [6.45, 7) is 6.74. The Kier molecular flexibility index (Phi) is 10.3. The molecule has 0 spiro atoms. The fraction of sp³-hybridized carbons (Fsp3) is 0.654. The van der Waals surface area contributed by atoms with E-state index in [4.69, 9.17) is 4.74 Å². The lowest BCUT2D eigenvalue weighted by atomic mass is 9.92. The average Bonchev–Trinajstić information content (AvgIpc) is 3.21. The molecule has 1 aliphatic carbocycles. The normalized spacial score (nSPS) is 16.0. The zero-order valence-electron chi connectivity index (χ0n) is 18.7. The molecule has 1 atom stereocenters. The molecule has 0 unspecified atom stereocenters. The Morgan fingerprint density at radius 1 is 1.21 bits per heavy atom. The summed E-state index contributed by atoms with van der Waals surface area (Å²) >= 11 is 0.